The fourth-order valence-electron chi connectivity index (χ4n) is 2.72. The summed E-state index contributed by atoms with van der Waals surface area (Å²) in [7, 11) is 0. The first-order chi connectivity index (χ1) is 10.8. The van der Waals surface area contributed by atoms with Crippen LogP contribution >= 0.6 is 24.8 Å². The van der Waals surface area contributed by atoms with Gasteiger partial charge in [0.05, 0.1) is 5.69 Å². The van der Waals surface area contributed by atoms with Crippen molar-refractivity contribution in [2.45, 2.75) is 26.3 Å². The first-order valence-electron chi connectivity index (χ1n) is 8.00. The van der Waals surface area contributed by atoms with Crippen LogP contribution in [0.3, 0.4) is 0 Å². The lowest BCUT2D eigenvalue weighted by Crippen LogP contribution is -2.43. The first kappa shape index (κ1) is 20.5. The summed E-state index contributed by atoms with van der Waals surface area (Å²) < 4.78 is 3.14. The number of rotatable bonds is 5. The van der Waals surface area contributed by atoms with Gasteiger partial charge < -0.3 is 10.2 Å². The number of halogens is 2. The highest BCUT2D eigenvalue weighted by Crippen LogP contribution is 2.17. The molecule has 2 heterocycles. The Morgan fingerprint density at radius 2 is 1.71 bits per heavy atom. The topological polar surface area (TPSA) is 55.1 Å². The minimum absolute atomic E-state index is 0. The summed E-state index contributed by atoms with van der Waals surface area (Å²) in [6, 6.07) is 8.14. The van der Waals surface area contributed by atoms with Crippen molar-refractivity contribution in [1.82, 2.24) is 19.7 Å². The summed E-state index contributed by atoms with van der Waals surface area (Å²) in [4.78, 5) is 14.7. The largest absolute Gasteiger partial charge is 0.369 e. The standard InChI is InChI=1S/C16H23N5O.2ClH/c1-2-3-10-21-16(22)20(13-18-21)15-6-4-14(5-7-15)19-11-8-17-9-12-19;;/h4-7,13,17H,2-3,8-12H2,1H3;2*1H. The van der Waals surface area contributed by atoms with Crippen molar-refractivity contribution in [3.63, 3.8) is 0 Å². The maximum Gasteiger partial charge on any atom is 0.350 e. The molecule has 24 heavy (non-hydrogen) atoms. The van der Waals surface area contributed by atoms with Crippen LogP contribution in [-0.2, 0) is 6.54 Å². The third kappa shape index (κ3) is 4.53. The van der Waals surface area contributed by atoms with Gasteiger partial charge in [0.2, 0.25) is 0 Å². The Morgan fingerprint density at radius 3 is 2.33 bits per heavy atom. The van der Waals surface area contributed by atoms with Crippen LogP contribution in [0.25, 0.3) is 5.69 Å². The average molecular weight is 374 g/mol. The van der Waals surface area contributed by atoms with Gasteiger partial charge in [-0.15, -0.1) is 24.8 Å². The summed E-state index contributed by atoms with van der Waals surface area (Å²) in [6.45, 7) is 6.87. The van der Waals surface area contributed by atoms with Crippen LogP contribution in [-0.4, -0.2) is 40.5 Å². The number of hydrogen-bond acceptors (Lipinski definition) is 4. The van der Waals surface area contributed by atoms with Crippen molar-refractivity contribution < 1.29 is 0 Å². The fraction of sp³-hybridized carbons (Fsp3) is 0.500. The molecule has 0 bridgehead atoms. The van der Waals surface area contributed by atoms with Gasteiger partial charge in [-0.2, -0.15) is 5.10 Å². The molecular formula is C16H25Cl2N5O. The van der Waals surface area contributed by atoms with E-state index in [4.69, 9.17) is 0 Å². The van der Waals surface area contributed by atoms with E-state index in [0.29, 0.717) is 6.54 Å². The van der Waals surface area contributed by atoms with Crippen molar-refractivity contribution >= 4 is 30.5 Å². The normalized spacial score (nSPS) is 14.0. The second-order valence-corrected chi connectivity index (χ2v) is 5.61. The molecule has 2 aromatic rings. The van der Waals surface area contributed by atoms with E-state index in [-0.39, 0.29) is 30.5 Å². The number of nitrogens with one attached hydrogen (secondary N) is 1. The van der Waals surface area contributed by atoms with Crippen molar-refractivity contribution in [1.29, 1.82) is 0 Å². The zero-order valence-electron chi connectivity index (χ0n) is 13.9. The Balaban J connectivity index is 0.00000144. The number of aromatic nitrogens is 3. The molecule has 3 rings (SSSR count). The summed E-state index contributed by atoms with van der Waals surface area (Å²) in [6.07, 6.45) is 3.63. The Kier molecular flexibility index (Phi) is 8.31. The number of anilines is 1. The lowest BCUT2D eigenvalue weighted by Gasteiger charge is -2.29. The van der Waals surface area contributed by atoms with Crippen molar-refractivity contribution in [3.8, 4) is 5.69 Å². The van der Waals surface area contributed by atoms with E-state index < -0.39 is 0 Å². The molecule has 1 N–H and O–H groups in total. The van der Waals surface area contributed by atoms with Gasteiger partial charge in [-0.25, -0.2) is 14.0 Å². The molecule has 0 spiro atoms. The zero-order valence-corrected chi connectivity index (χ0v) is 15.5. The summed E-state index contributed by atoms with van der Waals surface area (Å²) in [5, 5.41) is 7.54. The molecule has 1 saturated heterocycles. The van der Waals surface area contributed by atoms with E-state index in [0.717, 1.165) is 44.7 Å². The highest BCUT2D eigenvalue weighted by Gasteiger charge is 2.11. The average Bonchev–Trinajstić information content (AvgIpc) is 2.95. The minimum atomic E-state index is -0.0663. The van der Waals surface area contributed by atoms with Crippen LogP contribution in [0.1, 0.15) is 19.8 Å². The predicted molar refractivity (Wildman–Crippen MR) is 102 cm³/mol. The van der Waals surface area contributed by atoms with Gasteiger partial charge in [-0.1, -0.05) is 13.3 Å². The molecule has 1 aromatic heterocycles. The highest BCUT2D eigenvalue weighted by molar-refractivity contribution is 5.85. The monoisotopic (exact) mass is 373 g/mol. The van der Waals surface area contributed by atoms with Crippen molar-refractivity contribution in [2.24, 2.45) is 0 Å². The van der Waals surface area contributed by atoms with Crippen molar-refractivity contribution in [2.75, 3.05) is 31.1 Å². The van der Waals surface area contributed by atoms with E-state index in [1.807, 2.05) is 12.1 Å². The van der Waals surface area contributed by atoms with Gasteiger partial charge in [-0.05, 0) is 30.7 Å². The third-order valence-electron chi connectivity index (χ3n) is 4.07. The van der Waals surface area contributed by atoms with E-state index in [9.17, 15) is 4.79 Å². The number of hydrogen-bond donors (Lipinski definition) is 1. The molecule has 0 atom stereocenters. The summed E-state index contributed by atoms with van der Waals surface area (Å²) >= 11 is 0. The maximum absolute atomic E-state index is 12.3. The number of piperazine rings is 1. The molecule has 0 amide bonds. The number of benzene rings is 1. The van der Waals surface area contributed by atoms with Crippen LogP contribution in [0.2, 0.25) is 0 Å². The molecule has 1 aliphatic heterocycles. The van der Waals surface area contributed by atoms with Crippen LogP contribution in [0.15, 0.2) is 35.4 Å². The van der Waals surface area contributed by atoms with Gasteiger partial charge in [-0.3, -0.25) is 0 Å². The molecule has 8 heteroatoms. The molecule has 1 aromatic carbocycles. The SMILES string of the molecule is CCCCn1ncn(-c2ccc(N3CCNCC3)cc2)c1=O.Cl.Cl. The Bertz CT molecular complexity index is 662. The van der Waals surface area contributed by atoms with E-state index in [1.165, 1.54) is 10.4 Å². The lowest BCUT2D eigenvalue weighted by molar-refractivity contribution is 0.551. The molecule has 0 unspecified atom stereocenters. The van der Waals surface area contributed by atoms with Crippen LogP contribution in [0, 0.1) is 0 Å². The Morgan fingerprint density at radius 1 is 1.08 bits per heavy atom. The smallest absolute Gasteiger partial charge is 0.350 e. The minimum Gasteiger partial charge on any atom is -0.369 e. The van der Waals surface area contributed by atoms with Gasteiger partial charge in [0.15, 0.2) is 0 Å². The van der Waals surface area contributed by atoms with E-state index in [1.54, 1.807) is 10.9 Å². The number of unbranched alkanes of at least 4 members (excludes halogenated alkanes) is 1. The van der Waals surface area contributed by atoms with Gasteiger partial charge >= 0.3 is 5.69 Å². The Hall–Kier alpha value is -1.50. The molecule has 1 aliphatic rings. The number of aryl methyl sites for hydroxylation is 1. The second kappa shape index (κ2) is 9.71. The van der Waals surface area contributed by atoms with E-state index in [2.05, 4.69) is 34.4 Å². The quantitative estimate of drug-likeness (QED) is 0.871. The molecule has 6 nitrogen and oxygen atoms in total. The van der Waals surface area contributed by atoms with Gasteiger partial charge in [0, 0.05) is 38.4 Å². The maximum atomic E-state index is 12.3. The first-order valence-corrected chi connectivity index (χ1v) is 8.00. The van der Waals surface area contributed by atoms with Crippen LogP contribution in [0.5, 0.6) is 0 Å². The predicted octanol–water partition coefficient (Wildman–Crippen LogP) is 2.09. The van der Waals surface area contributed by atoms with Crippen molar-refractivity contribution in [3.05, 3.63) is 41.1 Å². The molecule has 0 radical (unpaired) electrons. The van der Waals surface area contributed by atoms with Crippen LogP contribution in [0.4, 0.5) is 5.69 Å². The summed E-state index contributed by atoms with van der Waals surface area (Å²) in [5.41, 5.74) is 2.01. The Labute approximate surface area is 154 Å². The number of nitrogens with zero attached hydrogens (tertiary/aromatic N) is 4. The highest BCUT2D eigenvalue weighted by atomic mass is 35.5. The third-order valence-corrected chi connectivity index (χ3v) is 4.07. The molecular weight excluding hydrogens is 349 g/mol. The second-order valence-electron chi connectivity index (χ2n) is 5.61. The van der Waals surface area contributed by atoms with E-state index >= 15 is 0 Å². The fourth-order valence-corrected chi connectivity index (χ4v) is 2.72. The van der Waals surface area contributed by atoms with Gasteiger partial charge in [0.1, 0.15) is 6.33 Å². The zero-order chi connectivity index (χ0) is 15.4. The molecule has 1 fully saturated rings. The summed E-state index contributed by atoms with van der Waals surface area (Å²) in [5.74, 6) is 0. The molecule has 134 valence electrons. The van der Waals surface area contributed by atoms with Crippen LogP contribution < -0.4 is 15.9 Å². The molecule has 0 aliphatic carbocycles. The lowest BCUT2D eigenvalue weighted by atomic mass is 10.2. The van der Waals surface area contributed by atoms with Gasteiger partial charge in [0.25, 0.3) is 0 Å². The molecule has 0 saturated carbocycles.